The molecule has 0 bridgehead atoms. The number of morpholine rings is 1. The van der Waals surface area contributed by atoms with Crippen molar-refractivity contribution in [3.63, 3.8) is 0 Å². The van der Waals surface area contributed by atoms with E-state index >= 15 is 0 Å². The molecule has 1 aliphatic rings. The molecular weight excluding hydrogens is 300 g/mol. The average molecular weight is 330 g/mol. The fraction of sp³-hybridized carbons (Fsp3) is 0.875. The number of carbonyl (C=O) groups excluding carboxylic acids is 2. The van der Waals surface area contributed by atoms with Crippen LogP contribution in [0.1, 0.15) is 39.0 Å². The van der Waals surface area contributed by atoms with Gasteiger partial charge in [-0.15, -0.1) is 0 Å². The van der Waals surface area contributed by atoms with Gasteiger partial charge in [0.15, 0.2) is 5.60 Å². The lowest BCUT2D eigenvalue weighted by molar-refractivity contribution is -0.168. The molecule has 1 amide bonds. The van der Waals surface area contributed by atoms with Gasteiger partial charge >= 0.3 is 5.97 Å². The van der Waals surface area contributed by atoms with E-state index in [9.17, 15) is 14.7 Å². The number of nitrogens with one attached hydrogen (secondary N) is 1. The second-order valence-corrected chi connectivity index (χ2v) is 6.04. The van der Waals surface area contributed by atoms with Crippen molar-refractivity contribution in [3.8, 4) is 0 Å². The van der Waals surface area contributed by atoms with E-state index in [4.69, 9.17) is 9.47 Å². The first kappa shape index (κ1) is 19.9. The molecule has 1 aliphatic heterocycles. The number of esters is 1. The predicted molar refractivity (Wildman–Crippen MR) is 86.0 cm³/mol. The van der Waals surface area contributed by atoms with Crippen LogP contribution < -0.4 is 5.32 Å². The SMILES string of the molecule is CCCCCC[C@](O)(CN1CCO[C@@H](C(=O)NC)C1)C(=O)OC. The molecule has 0 aromatic heterocycles. The number of β-amino-alcohol motifs (C(OH)–C–C–N with tert-alkyl or cyclic N) is 1. The number of unbranched alkanes of at least 4 members (excludes halogenated alkanes) is 3. The van der Waals surface area contributed by atoms with Gasteiger partial charge in [-0.1, -0.05) is 26.2 Å². The van der Waals surface area contributed by atoms with Gasteiger partial charge in [-0.25, -0.2) is 4.79 Å². The molecule has 0 saturated carbocycles. The Morgan fingerprint density at radius 3 is 2.74 bits per heavy atom. The Bertz CT molecular complexity index is 391. The molecule has 2 N–H and O–H groups in total. The summed E-state index contributed by atoms with van der Waals surface area (Å²) in [4.78, 5) is 25.6. The van der Waals surface area contributed by atoms with Gasteiger partial charge in [-0.3, -0.25) is 9.69 Å². The third-order valence-electron chi connectivity index (χ3n) is 4.18. The Hall–Kier alpha value is -1.18. The molecule has 0 unspecified atom stereocenters. The molecule has 134 valence electrons. The highest BCUT2D eigenvalue weighted by atomic mass is 16.5. The van der Waals surface area contributed by atoms with Gasteiger partial charge in [0.25, 0.3) is 0 Å². The molecule has 1 heterocycles. The van der Waals surface area contributed by atoms with Crippen molar-refractivity contribution in [2.75, 3.05) is 40.4 Å². The summed E-state index contributed by atoms with van der Waals surface area (Å²) in [5.41, 5.74) is -1.53. The molecule has 1 rings (SSSR count). The summed E-state index contributed by atoms with van der Waals surface area (Å²) in [6.07, 6.45) is 3.70. The van der Waals surface area contributed by atoms with Crippen molar-refractivity contribution in [2.45, 2.75) is 50.7 Å². The maximum Gasteiger partial charge on any atom is 0.339 e. The third kappa shape index (κ3) is 6.08. The van der Waals surface area contributed by atoms with Crippen LogP contribution in [0.25, 0.3) is 0 Å². The van der Waals surface area contributed by atoms with Gasteiger partial charge in [-0.05, 0) is 12.8 Å². The van der Waals surface area contributed by atoms with Gasteiger partial charge in [0, 0.05) is 26.7 Å². The van der Waals surface area contributed by atoms with E-state index in [1.165, 1.54) is 7.11 Å². The molecule has 0 aliphatic carbocycles. The minimum atomic E-state index is -1.53. The number of hydrogen-bond donors (Lipinski definition) is 2. The maximum atomic E-state index is 12.0. The van der Waals surface area contributed by atoms with Crippen LogP contribution in [0.3, 0.4) is 0 Å². The fourth-order valence-electron chi connectivity index (χ4n) is 2.82. The summed E-state index contributed by atoms with van der Waals surface area (Å²) >= 11 is 0. The normalized spacial score (nSPS) is 21.5. The summed E-state index contributed by atoms with van der Waals surface area (Å²) in [5.74, 6) is -0.809. The summed E-state index contributed by atoms with van der Waals surface area (Å²) in [7, 11) is 2.84. The molecule has 0 aromatic carbocycles. The first-order chi connectivity index (χ1) is 11.0. The number of ether oxygens (including phenoxy) is 2. The highest BCUT2D eigenvalue weighted by Crippen LogP contribution is 2.21. The summed E-state index contributed by atoms with van der Waals surface area (Å²) in [6.45, 7) is 3.59. The number of nitrogens with zero attached hydrogens (tertiary/aromatic N) is 1. The van der Waals surface area contributed by atoms with Crippen molar-refractivity contribution in [1.82, 2.24) is 10.2 Å². The number of rotatable bonds is 9. The van der Waals surface area contributed by atoms with E-state index in [2.05, 4.69) is 12.2 Å². The van der Waals surface area contributed by atoms with E-state index in [-0.39, 0.29) is 12.5 Å². The summed E-state index contributed by atoms with van der Waals surface area (Å²) < 4.78 is 10.2. The van der Waals surface area contributed by atoms with Crippen LogP contribution in [0.5, 0.6) is 0 Å². The Morgan fingerprint density at radius 2 is 2.13 bits per heavy atom. The minimum Gasteiger partial charge on any atom is -0.467 e. The number of hydrogen-bond acceptors (Lipinski definition) is 6. The quantitative estimate of drug-likeness (QED) is 0.467. The lowest BCUT2D eigenvalue weighted by Crippen LogP contribution is -2.56. The molecule has 7 nitrogen and oxygen atoms in total. The van der Waals surface area contributed by atoms with Gasteiger partial charge in [0.2, 0.25) is 5.91 Å². The van der Waals surface area contributed by atoms with Gasteiger partial charge in [0.05, 0.1) is 13.7 Å². The molecule has 1 fully saturated rings. The first-order valence-corrected chi connectivity index (χ1v) is 8.33. The van der Waals surface area contributed by atoms with Crippen LogP contribution in [-0.4, -0.2) is 74.0 Å². The van der Waals surface area contributed by atoms with Crippen molar-refractivity contribution in [2.24, 2.45) is 0 Å². The van der Waals surface area contributed by atoms with Crippen LogP contribution in [-0.2, 0) is 19.1 Å². The lowest BCUT2D eigenvalue weighted by atomic mass is 9.94. The van der Waals surface area contributed by atoms with Gasteiger partial charge in [0.1, 0.15) is 6.10 Å². The van der Waals surface area contributed by atoms with E-state index in [1.54, 1.807) is 7.05 Å². The second-order valence-electron chi connectivity index (χ2n) is 6.04. The maximum absolute atomic E-state index is 12.0. The van der Waals surface area contributed by atoms with Crippen LogP contribution in [0, 0.1) is 0 Å². The topological polar surface area (TPSA) is 88.1 Å². The fourth-order valence-corrected chi connectivity index (χ4v) is 2.82. The zero-order valence-corrected chi connectivity index (χ0v) is 14.5. The van der Waals surface area contributed by atoms with Gasteiger partial charge in [-0.2, -0.15) is 0 Å². The second kappa shape index (κ2) is 9.85. The number of likely N-dealkylation sites (N-methyl/N-ethyl adjacent to an activating group) is 1. The molecule has 23 heavy (non-hydrogen) atoms. The summed E-state index contributed by atoms with van der Waals surface area (Å²) in [6, 6.07) is 0. The Morgan fingerprint density at radius 1 is 1.39 bits per heavy atom. The molecule has 0 aromatic rings. The molecule has 0 radical (unpaired) electrons. The number of amides is 1. The van der Waals surface area contributed by atoms with E-state index in [0.717, 1.165) is 25.7 Å². The molecular formula is C16H30N2O5. The van der Waals surface area contributed by atoms with Crippen LogP contribution >= 0.6 is 0 Å². The van der Waals surface area contributed by atoms with Gasteiger partial charge < -0.3 is 19.9 Å². The Kier molecular flexibility index (Phi) is 8.51. The van der Waals surface area contributed by atoms with Crippen molar-refractivity contribution < 1.29 is 24.2 Å². The zero-order chi connectivity index (χ0) is 17.3. The smallest absolute Gasteiger partial charge is 0.339 e. The number of aliphatic hydroxyl groups is 1. The number of methoxy groups -OCH3 is 1. The van der Waals surface area contributed by atoms with Crippen molar-refractivity contribution in [1.29, 1.82) is 0 Å². The van der Waals surface area contributed by atoms with Crippen molar-refractivity contribution in [3.05, 3.63) is 0 Å². The van der Waals surface area contributed by atoms with Crippen LogP contribution in [0.4, 0.5) is 0 Å². The van der Waals surface area contributed by atoms with E-state index < -0.39 is 17.7 Å². The predicted octanol–water partition coefficient (Wildman–Crippen LogP) is 0.308. The van der Waals surface area contributed by atoms with Crippen LogP contribution in [0.2, 0.25) is 0 Å². The molecule has 7 heteroatoms. The Labute approximate surface area is 138 Å². The highest BCUT2D eigenvalue weighted by molar-refractivity contribution is 5.81. The minimum absolute atomic E-state index is 0.155. The standard InChI is InChI=1S/C16H30N2O5/c1-4-5-6-7-8-16(21,15(20)22-3)12-18-9-10-23-13(11-18)14(19)17-2/h13,21H,4-12H2,1-3H3,(H,17,19)/t13-,16+/m1/s1. The number of carbonyl (C=O) groups is 2. The lowest BCUT2D eigenvalue weighted by Gasteiger charge is -2.36. The van der Waals surface area contributed by atoms with E-state index in [1.807, 2.05) is 4.90 Å². The first-order valence-electron chi connectivity index (χ1n) is 8.33. The van der Waals surface area contributed by atoms with Crippen molar-refractivity contribution >= 4 is 11.9 Å². The van der Waals surface area contributed by atoms with E-state index in [0.29, 0.717) is 26.1 Å². The molecule has 1 saturated heterocycles. The summed E-state index contributed by atoms with van der Waals surface area (Å²) in [5, 5.41) is 13.3. The van der Waals surface area contributed by atoms with Crippen LogP contribution in [0.15, 0.2) is 0 Å². The highest BCUT2D eigenvalue weighted by Gasteiger charge is 2.40. The third-order valence-corrected chi connectivity index (χ3v) is 4.18. The monoisotopic (exact) mass is 330 g/mol. The molecule has 2 atom stereocenters. The average Bonchev–Trinajstić information content (AvgIpc) is 2.57. The molecule has 0 spiro atoms. The largest absolute Gasteiger partial charge is 0.467 e. The Balaban J connectivity index is 2.64. The zero-order valence-electron chi connectivity index (χ0n) is 14.5.